The standard InChI is InChI=1S/C14H22ClN3/c1-10-7-5-6-8-18(10)12-9-11(15)16-13(17-12)14(2,3)4/h9-10H,5-8H2,1-4H3. The molecule has 1 aromatic rings. The number of rotatable bonds is 1. The molecule has 4 heteroatoms. The topological polar surface area (TPSA) is 29.0 Å². The molecule has 0 bridgehead atoms. The molecule has 0 spiro atoms. The normalized spacial score (nSPS) is 21.2. The molecule has 1 aromatic heterocycles. The lowest BCUT2D eigenvalue weighted by Crippen LogP contribution is -2.38. The minimum atomic E-state index is -0.0708. The number of hydrogen-bond donors (Lipinski definition) is 0. The van der Waals surface area contributed by atoms with Crippen LogP contribution in [0.4, 0.5) is 5.82 Å². The lowest BCUT2D eigenvalue weighted by atomic mass is 9.95. The first-order valence-corrected chi connectivity index (χ1v) is 7.07. The molecule has 100 valence electrons. The molecule has 0 radical (unpaired) electrons. The highest BCUT2D eigenvalue weighted by Gasteiger charge is 2.24. The Kier molecular flexibility index (Phi) is 3.81. The van der Waals surface area contributed by atoms with Gasteiger partial charge in [0.25, 0.3) is 0 Å². The number of nitrogens with zero attached hydrogens (tertiary/aromatic N) is 3. The van der Waals surface area contributed by atoms with Crippen LogP contribution in [-0.2, 0) is 5.41 Å². The SMILES string of the molecule is CC1CCCCN1c1cc(Cl)nc(C(C)(C)C)n1. The van der Waals surface area contributed by atoms with E-state index in [9.17, 15) is 0 Å². The van der Waals surface area contributed by atoms with Gasteiger partial charge in [0, 0.05) is 24.1 Å². The highest BCUT2D eigenvalue weighted by atomic mass is 35.5. The van der Waals surface area contributed by atoms with E-state index in [4.69, 9.17) is 16.6 Å². The fourth-order valence-corrected chi connectivity index (χ4v) is 2.50. The molecular formula is C14H22ClN3. The van der Waals surface area contributed by atoms with E-state index in [0.717, 1.165) is 18.2 Å². The third-order valence-electron chi connectivity index (χ3n) is 3.45. The summed E-state index contributed by atoms with van der Waals surface area (Å²) in [6.45, 7) is 9.66. The summed E-state index contributed by atoms with van der Waals surface area (Å²) < 4.78 is 0. The van der Waals surface area contributed by atoms with Crippen molar-refractivity contribution in [1.29, 1.82) is 0 Å². The van der Waals surface area contributed by atoms with Crippen molar-refractivity contribution in [3.8, 4) is 0 Å². The monoisotopic (exact) mass is 267 g/mol. The number of halogens is 1. The first-order valence-electron chi connectivity index (χ1n) is 6.69. The van der Waals surface area contributed by atoms with Gasteiger partial charge in [-0.15, -0.1) is 0 Å². The second kappa shape index (κ2) is 5.04. The van der Waals surface area contributed by atoms with Gasteiger partial charge in [-0.25, -0.2) is 9.97 Å². The van der Waals surface area contributed by atoms with E-state index in [1.807, 2.05) is 6.07 Å². The zero-order chi connectivity index (χ0) is 13.3. The summed E-state index contributed by atoms with van der Waals surface area (Å²) >= 11 is 6.15. The van der Waals surface area contributed by atoms with Crippen LogP contribution in [0.1, 0.15) is 52.8 Å². The Labute approximate surface area is 115 Å². The van der Waals surface area contributed by atoms with E-state index in [1.165, 1.54) is 19.3 Å². The van der Waals surface area contributed by atoms with Gasteiger partial charge in [-0.2, -0.15) is 0 Å². The number of aromatic nitrogens is 2. The average Bonchev–Trinajstić information content (AvgIpc) is 2.27. The smallest absolute Gasteiger partial charge is 0.137 e. The van der Waals surface area contributed by atoms with Crippen LogP contribution >= 0.6 is 11.6 Å². The Hall–Kier alpha value is -0.830. The van der Waals surface area contributed by atoms with Gasteiger partial charge < -0.3 is 4.90 Å². The third kappa shape index (κ3) is 2.94. The maximum atomic E-state index is 6.15. The average molecular weight is 268 g/mol. The van der Waals surface area contributed by atoms with Gasteiger partial charge in [-0.1, -0.05) is 32.4 Å². The molecule has 0 saturated carbocycles. The van der Waals surface area contributed by atoms with E-state index in [0.29, 0.717) is 11.2 Å². The maximum absolute atomic E-state index is 6.15. The van der Waals surface area contributed by atoms with Gasteiger partial charge in [-0.05, 0) is 26.2 Å². The van der Waals surface area contributed by atoms with Crippen LogP contribution in [0.2, 0.25) is 5.15 Å². The third-order valence-corrected chi connectivity index (χ3v) is 3.64. The van der Waals surface area contributed by atoms with E-state index in [-0.39, 0.29) is 5.41 Å². The molecule has 3 nitrogen and oxygen atoms in total. The fourth-order valence-electron chi connectivity index (χ4n) is 2.33. The minimum Gasteiger partial charge on any atom is -0.354 e. The molecule has 2 heterocycles. The zero-order valence-electron chi connectivity index (χ0n) is 11.7. The van der Waals surface area contributed by atoms with Crippen LogP contribution in [0.3, 0.4) is 0 Å². The summed E-state index contributed by atoms with van der Waals surface area (Å²) in [4.78, 5) is 11.4. The van der Waals surface area contributed by atoms with Crippen molar-refractivity contribution >= 4 is 17.4 Å². The lowest BCUT2D eigenvalue weighted by molar-refractivity contribution is 0.476. The Morgan fingerprint density at radius 3 is 2.61 bits per heavy atom. The van der Waals surface area contributed by atoms with Crippen molar-refractivity contribution in [3.63, 3.8) is 0 Å². The zero-order valence-corrected chi connectivity index (χ0v) is 12.5. The lowest BCUT2D eigenvalue weighted by Gasteiger charge is -2.35. The Morgan fingerprint density at radius 2 is 2.00 bits per heavy atom. The summed E-state index contributed by atoms with van der Waals surface area (Å²) in [6, 6.07) is 2.43. The quantitative estimate of drug-likeness (QED) is 0.725. The highest BCUT2D eigenvalue weighted by Crippen LogP contribution is 2.27. The molecule has 2 rings (SSSR count). The molecule has 1 aliphatic heterocycles. The first kappa shape index (κ1) is 13.6. The summed E-state index contributed by atoms with van der Waals surface area (Å²) in [6.07, 6.45) is 3.77. The maximum Gasteiger partial charge on any atom is 0.137 e. The molecule has 1 atom stereocenters. The van der Waals surface area contributed by atoms with Crippen LogP contribution in [-0.4, -0.2) is 22.6 Å². The number of hydrogen-bond acceptors (Lipinski definition) is 3. The summed E-state index contributed by atoms with van der Waals surface area (Å²) in [5.74, 6) is 1.80. The van der Waals surface area contributed by atoms with Crippen molar-refractivity contribution in [2.75, 3.05) is 11.4 Å². The van der Waals surface area contributed by atoms with Crippen LogP contribution in [0, 0.1) is 0 Å². The summed E-state index contributed by atoms with van der Waals surface area (Å²) in [5, 5.41) is 0.544. The molecule has 0 N–H and O–H groups in total. The first-order chi connectivity index (χ1) is 8.38. The molecule has 0 aromatic carbocycles. The predicted octanol–water partition coefficient (Wildman–Crippen LogP) is 3.81. The molecule has 1 unspecified atom stereocenters. The molecule has 0 aliphatic carbocycles. The summed E-state index contributed by atoms with van der Waals surface area (Å²) in [7, 11) is 0. The van der Waals surface area contributed by atoms with Crippen molar-refractivity contribution in [2.24, 2.45) is 0 Å². The molecular weight excluding hydrogens is 246 g/mol. The number of piperidine rings is 1. The fraction of sp³-hybridized carbons (Fsp3) is 0.714. The van der Waals surface area contributed by atoms with Crippen LogP contribution < -0.4 is 4.90 Å². The van der Waals surface area contributed by atoms with Crippen molar-refractivity contribution in [2.45, 2.75) is 58.4 Å². The van der Waals surface area contributed by atoms with Crippen LogP contribution in [0.5, 0.6) is 0 Å². The molecule has 1 fully saturated rings. The van der Waals surface area contributed by atoms with Crippen LogP contribution in [0.25, 0.3) is 0 Å². The van der Waals surface area contributed by atoms with Crippen molar-refractivity contribution < 1.29 is 0 Å². The Morgan fingerprint density at radius 1 is 1.28 bits per heavy atom. The molecule has 1 aliphatic rings. The minimum absolute atomic E-state index is 0.0708. The van der Waals surface area contributed by atoms with Crippen molar-refractivity contribution in [3.05, 3.63) is 17.0 Å². The van der Waals surface area contributed by atoms with E-state index in [2.05, 4.69) is 37.6 Å². The Bertz CT molecular complexity index is 426. The predicted molar refractivity (Wildman–Crippen MR) is 76.4 cm³/mol. The van der Waals surface area contributed by atoms with E-state index in [1.54, 1.807) is 0 Å². The number of anilines is 1. The summed E-state index contributed by atoms with van der Waals surface area (Å²) in [5.41, 5.74) is -0.0708. The van der Waals surface area contributed by atoms with Gasteiger partial charge >= 0.3 is 0 Å². The van der Waals surface area contributed by atoms with Gasteiger partial charge in [0.05, 0.1) is 0 Å². The van der Waals surface area contributed by atoms with Gasteiger partial charge in [0.2, 0.25) is 0 Å². The van der Waals surface area contributed by atoms with Crippen LogP contribution in [0.15, 0.2) is 6.07 Å². The largest absolute Gasteiger partial charge is 0.354 e. The van der Waals surface area contributed by atoms with Gasteiger partial charge in [-0.3, -0.25) is 0 Å². The Balaban J connectivity index is 2.35. The van der Waals surface area contributed by atoms with Gasteiger partial charge in [0.1, 0.15) is 16.8 Å². The second-order valence-corrected chi connectivity index (χ2v) is 6.55. The van der Waals surface area contributed by atoms with E-state index >= 15 is 0 Å². The second-order valence-electron chi connectivity index (χ2n) is 6.16. The van der Waals surface area contributed by atoms with Crippen molar-refractivity contribution in [1.82, 2.24) is 9.97 Å². The highest BCUT2D eigenvalue weighted by molar-refractivity contribution is 6.29. The molecule has 1 saturated heterocycles. The molecule has 0 amide bonds. The molecule has 18 heavy (non-hydrogen) atoms. The van der Waals surface area contributed by atoms with Gasteiger partial charge in [0.15, 0.2) is 0 Å². The van der Waals surface area contributed by atoms with E-state index < -0.39 is 0 Å².